The third kappa shape index (κ3) is 7.96. The number of rotatable bonds is 15. The van der Waals surface area contributed by atoms with Gasteiger partial charge in [0, 0.05) is 17.5 Å². The van der Waals surface area contributed by atoms with E-state index in [2.05, 4.69) is 60.5 Å². The second-order valence-electron chi connectivity index (χ2n) is 16.8. The molecule has 0 unspecified atom stereocenters. The summed E-state index contributed by atoms with van der Waals surface area (Å²) >= 11 is 1.75. The van der Waals surface area contributed by atoms with Crippen molar-refractivity contribution in [1.29, 1.82) is 0 Å². The summed E-state index contributed by atoms with van der Waals surface area (Å²) in [5.41, 5.74) is 10.1. The number of hydrogen-bond donors (Lipinski definition) is 2. The van der Waals surface area contributed by atoms with Crippen molar-refractivity contribution in [3.63, 3.8) is 0 Å². The largest absolute Gasteiger partial charge is 0.497 e. The van der Waals surface area contributed by atoms with Crippen LogP contribution in [-0.4, -0.2) is 72.1 Å². The van der Waals surface area contributed by atoms with Gasteiger partial charge in [0.15, 0.2) is 29.0 Å². The van der Waals surface area contributed by atoms with E-state index in [1.807, 2.05) is 73.1 Å². The number of hydrogen-bond acceptors (Lipinski definition) is 13. The lowest BCUT2D eigenvalue weighted by atomic mass is 9.77. The molecule has 3 saturated heterocycles. The van der Waals surface area contributed by atoms with Crippen molar-refractivity contribution in [3.8, 4) is 5.75 Å². The topological polar surface area (TPSA) is 163 Å². The average molecular weight is 859 g/mol. The predicted octanol–water partition coefficient (Wildman–Crippen LogP) is 7.84. The van der Waals surface area contributed by atoms with E-state index in [0.717, 1.165) is 59.4 Å². The number of nitrogens with one attached hydrogen (secondary N) is 1. The average Bonchev–Trinajstić information content (AvgIpc) is 4.05. The highest BCUT2D eigenvalue weighted by Gasteiger charge is 2.56. The summed E-state index contributed by atoms with van der Waals surface area (Å²) in [6, 6.07) is 28.8. The molecular formula is C47H54N8O6S. The first-order valence-corrected chi connectivity index (χ1v) is 22.6. The third-order valence-corrected chi connectivity index (χ3v) is 13.4. The van der Waals surface area contributed by atoms with Crippen molar-refractivity contribution >= 4 is 34.6 Å². The minimum Gasteiger partial charge on any atom is -0.497 e. The number of aromatic nitrogens is 6. The lowest BCUT2D eigenvalue weighted by Gasteiger charge is -2.37. The summed E-state index contributed by atoms with van der Waals surface area (Å²) < 4.78 is 35.2. The molecule has 3 aliphatic heterocycles. The van der Waals surface area contributed by atoms with Crippen molar-refractivity contribution in [2.45, 2.75) is 107 Å². The van der Waals surface area contributed by atoms with Crippen molar-refractivity contribution in [1.82, 2.24) is 29.1 Å². The molecule has 6 aromatic rings. The maximum Gasteiger partial charge on any atom is 0.351 e. The highest BCUT2D eigenvalue weighted by molar-refractivity contribution is 7.98. The Labute approximate surface area is 365 Å². The van der Waals surface area contributed by atoms with Crippen molar-refractivity contribution in [3.05, 3.63) is 137 Å². The van der Waals surface area contributed by atoms with Gasteiger partial charge in [0.2, 0.25) is 0 Å². The molecule has 7 atom stereocenters. The Hall–Kier alpha value is -5.32. The van der Waals surface area contributed by atoms with Crippen LogP contribution in [0.4, 0.5) is 11.6 Å². The van der Waals surface area contributed by atoms with Crippen molar-refractivity contribution in [2.24, 2.45) is 5.92 Å². The van der Waals surface area contributed by atoms with E-state index in [-0.39, 0.29) is 36.0 Å². The molecule has 0 bridgehead atoms. The Kier molecular flexibility index (Phi) is 11.8. The number of fused-ring (bicyclic) bond motifs is 2. The van der Waals surface area contributed by atoms with E-state index in [4.69, 9.17) is 44.4 Å². The van der Waals surface area contributed by atoms with Gasteiger partial charge in [0.05, 0.1) is 25.6 Å². The molecule has 9 rings (SSSR count). The smallest absolute Gasteiger partial charge is 0.351 e. The molecule has 0 saturated carbocycles. The summed E-state index contributed by atoms with van der Waals surface area (Å²) in [5.74, 6) is 2.63. The minimum atomic E-state index is -0.867. The van der Waals surface area contributed by atoms with E-state index in [1.54, 1.807) is 36.1 Å². The van der Waals surface area contributed by atoms with Gasteiger partial charge in [-0.05, 0) is 80.0 Å². The fourth-order valence-corrected chi connectivity index (χ4v) is 10.3. The number of nitrogens with two attached hydrogens (primary N) is 1. The number of anilines is 2. The zero-order chi connectivity index (χ0) is 43.0. The van der Waals surface area contributed by atoms with Crippen LogP contribution in [-0.2, 0) is 30.2 Å². The van der Waals surface area contributed by atoms with Crippen molar-refractivity contribution in [2.75, 3.05) is 23.9 Å². The second-order valence-corrected chi connectivity index (χ2v) is 17.9. The lowest BCUT2D eigenvalue weighted by molar-refractivity contribution is -0.196. The Morgan fingerprint density at radius 2 is 1.60 bits per heavy atom. The summed E-state index contributed by atoms with van der Waals surface area (Å²) in [7, 11) is 1.67. The summed E-state index contributed by atoms with van der Waals surface area (Å²) in [4.78, 5) is 31.5. The Morgan fingerprint density at radius 1 is 0.903 bits per heavy atom. The molecule has 324 valence electrons. The van der Waals surface area contributed by atoms with Crippen LogP contribution < -0.4 is 21.5 Å². The molecule has 62 heavy (non-hydrogen) atoms. The Morgan fingerprint density at radius 3 is 2.27 bits per heavy atom. The quantitative estimate of drug-likeness (QED) is 0.0760. The van der Waals surface area contributed by atoms with Crippen LogP contribution in [0.5, 0.6) is 5.75 Å². The van der Waals surface area contributed by atoms with Gasteiger partial charge in [-0.2, -0.15) is 16.7 Å². The van der Waals surface area contributed by atoms with Crippen LogP contribution in [0.15, 0.2) is 109 Å². The minimum absolute atomic E-state index is 0.130. The van der Waals surface area contributed by atoms with Crippen molar-refractivity contribution < 1.29 is 23.7 Å². The molecule has 3 aromatic carbocycles. The van der Waals surface area contributed by atoms with Gasteiger partial charge in [-0.15, -0.1) is 0 Å². The third-order valence-electron chi connectivity index (χ3n) is 12.3. The first-order chi connectivity index (χ1) is 30.1. The highest BCUT2D eigenvalue weighted by Crippen LogP contribution is 2.46. The number of imidazole rings is 1. The van der Waals surface area contributed by atoms with Gasteiger partial charge in [-0.25, -0.2) is 19.7 Å². The molecular weight excluding hydrogens is 805 g/mol. The molecule has 3 aliphatic rings. The monoisotopic (exact) mass is 858 g/mol. The highest BCUT2D eigenvalue weighted by atomic mass is 32.2. The molecule has 0 aliphatic carbocycles. The molecule has 0 amide bonds. The molecule has 6 heterocycles. The predicted molar refractivity (Wildman–Crippen MR) is 239 cm³/mol. The van der Waals surface area contributed by atoms with Crippen LogP contribution in [0, 0.1) is 5.92 Å². The summed E-state index contributed by atoms with van der Waals surface area (Å²) in [5, 5.41) is 3.87. The summed E-state index contributed by atoms with van der Waals surface area (Å²) in [6.07, 6.45) is 6.79. The zero-order valence-electron chi connectivity index (χ0n) is 35.7. The van der Waals surface area contributed by atoms with Gasteiger partial charge in [0.25, 0.3) is 0 Å². The maximum atomic E-state index is 12.8. The van der Waals surface area contributed by atoms with Gasteiger partial charge >= 0.3 is 5.69 Å². The molecule has 3 N–H and O–H groups in total. The molecule has 15 heteroatoms. The normalized spacial score (nSPS) is 24.4. The lowest BCUT2D eigenvalue weighted by Crippen LogP contribution is -2.38. The number of ether oxygens (including phenoxy) is 5. The van der Waals surface area contributed by atoms with Gasteiger partial charge in [-0.1, -0.05) is 86.6 Å². The van der Waals surface area contributed by atoms with Crippen LogP contribution in [0.1, 0.15) is 88.1 Å². The Bertz CT molecular complexity index is 2500. The fraction of sp³-hybridized carbons (Fsp3) is 0.426. The molecule has 14 nitrogen and oxygen atoms in total. The van der Waals surface area contributed by atoms with E-state index in [1.165, 1.54) is 0 Å². The second kappa shape index (κ2) is 17.4. The fourth-order valence-electron chi connectivity index (χ4n) is 9.30. The number of methoxy groups -OCH3 is 1. The van der Waals surface area contributed by atoms with Crippen LogP contribution in [0.3, 0.4) is 0 Å². The van der Waals surface area contributed by atoms with Gasteiger partial charge in [0.1, 0.15) is 41.9 Å². The number of nitrogen functional groups attached to an aromatic ring is 1. The molecule has 3 aromatic heterocycles. The molecule has 0 radical (unpaired) electrons. The molecule has 0 spiro atoms. The Balaban J connectivity index is 0.946. The summed E-state index contributed by atoms with van der Waals surface area (Å²) in [6.45, 7) is 8.15. The van der Waals surface area contributed by atoms with E-state index in [0.29, 0.717) is 28.7 Å². The first kappa shape index (κ1) is 42.0. The zero-order valence-corrected chi connectivity index (χ0v) is 36.5. The number of nitrogens with zero attached hydrogens (tertiary/aromatic N) is 6. The SMILES string of the molecule is CC[C@H]1O[C@@H](n2cc(CSCCC[C@H]3O[C@@H](n4cnc5c(NC(c6ccccc6)(c6ccccc6)c6ccc(OC)cc6)ncnc54)[C@@H]4OC(C)(C)O[C@@H]43)c(N)nc2=O)C[C@@H]1C. The van der Waals surface area contributed by atoms with Crippen LogP contribution >= 0.6 is 11.8 Å². The first-order valence-electron chi connectivity index (χ1n) is 21.4. The van der Waals surface area contributed by atoms with Crippen LogP contribution in [0.2, 0.25) is 0 Å². The number of benzene rings is 3. The number of thioether (sulfide) groups is 1. The van der Waals surface area contributed by atoms with E-state index < -0.39 is 23.7 Å². The standard InChI is InChI=1S/C47H54N8O6S/c1-6-35-29(2)24-37(58-35)54-25-30(41(48)52-45(54)56)26-62-23-13-18-36-39-40(61-46(3,4)60-39)44(59-36)55-28-51-38-42(49-27-50-43(38)55)53-47(31-14-9-7-10-15-31,32-16-11-8-12-17-32)33-19-21-34(57-5)22-20-33/h7-12,14-17,19-22,25,27-29,35-37,39-40,44H,6,13,18,23-24,26H2,1-5H3,(H2,48,52,56)(H,49,50,53)/t29-,35+,36+,37+,39+,40+,44+/m0/s1. The maximum absolute atomic E-state index is 12.8. The van der Waals surface area contributed by atoms with E-state index >= 15 is 0 Å². The van der Waals surface area contributed by atoms with Crippen LogP contribution in [0.25, 0.3) is 11.2 Å². The van der Waals surface area contributed by atoms with E-state index in [9.17, 15) is 4.79 Å². The van der Waals surface area contributed by atoms with Gasteiger partial charge < -0.3 is 34.7 Å². The van der Waals surface area contributed by atoms with Gasteiger partial charge in [-0.3, -0.25) is 9.13 Å². The molecule has 3 fully saturated rings.